The first kappa shape index (κ1) is 9.33. The maximum Gasteiger partial charge on any atom is 0.150 e. The lowest BCUT2D eigenvalue weighted by Gasteiger charge is -2.08. The minimum atomic E-state index is 0.388. The van der Waals surface area contributed by atoms with Crippen LogP contribution in [0.4, 0.5) is 0 Å². The molecule has 2 heteroatoms. The molecular formula is C10H12OS. The number of benzene rings is 1. The molecule has 0 saturated heterocycles. The van der Waals surface area contributed by atoms with Gasteiger partial charge in [-0.3, -0.25) is 4.79 Å². The van der Waals surface area contributed by atoms with Gasteiger partial charge in [-0.15, -0.1) is 12.6 Å². The molecule has 0 fully saturated rings. The summed E-state index contributed by atoms with van der Waals surface area (Å²) < 4.78 is 0. The second-order valence-electron chi connectivity index (χ2n) is 3.09. The van der Waals surface area contributed by atoms with E-state index >= 15 is 0 Å². The average molecular weight is 180 g/mol. The van der Waals surface area contributed by atoms with Crippen LogP contribution in [0.3, 0.4) is 0 Å². The molecule has 12 heavy (non-hydrogen) atoms. The van der Waals surface area contributed by atoms with Crippen LogP contribution in [0, 0.1) is 0 Å². The highest BCUT2D eigenvalue weighted by Crippen LogP contribution is 2.20. The van der Waals surface area contributed by atoms with Crippen molar-refractivity contribution in [3.05, 3.63) is 29.3 Å². The van der Waals surface area contributed by atoms with Gasteiger partial charge in [0, 0.05) is 10.5 Å². The van der Waals surface area contributed by atoms with Gasteiger partial charge in [0.05, 0.1) is 0 Å². The summed E-state index contributed by atoms with van der Waals surface area (Å²) in [5.41, 5.74) is 1.83. The Morgan fingerprint density at radius 1 is 1.42 bits per heavy atom. The predicted molar refractivity (Wildman–Crippen MR) is 53.2 cm³/mol. The van der Waals surface area contributed by atoms with Gasteiger partial charge in [0.15, 0.2) is 0 Å². The molecule has 0 bridgehead atoms. The van der Waals surface area contributed by atoms with Crippen molar-refractivity contribution in [1.29, 1.82) is 0 Å². The van der Waals surface area contributed by atoms with Crippen LogP contribution < -0.4 is 0 Å². The summed E-state index contributed by atoms with van der Waals surface area (Å²) in [6, 6.07) is 5.66. The van der Waals surface area contributed by atoms with Gasteiger partial charge in [-0.05, 0) is 23.6 Å². The number of carbonyl (C=O) groups excluding carboxylic acids is 1. The second kappa shape index (κ2) is 3.76. The summed E-state index contributed by atoms with van der Waals surface area (Å²) in [6.07, 6.45) is 0.884. The predicted octanol–water partition coefficient (Wildman–Crippen LogP) is 2.91. The topological polar surface area (TPSA) is 17.1 Å². The van der Waals surface area contributed by atoms with Crippen LogP contribution in [0.2, 0.25) is 0 Å². The van der Waals surface area contributed by atoms with Gasteiger partial charge in [-0.2, -0.15) is 0 Å². The van der Waals surface area contributed by atoms with Crippen LogP contribution >= 0.6 is 12.6 Å². The summed E-state index contributed by atoms with van der Waals surface area (Å²) >= 11 is 4.16. The number of aldehydes is 1. The highest BCUT2D eigenvalue weighted by molar-refractivity contribution is 7.80. The Hall–Kier alpha value is -0.760. The van der Waals surface area contributed by atoms with Gasteiger partial charge in [0.25, 0.3) is 0 Å². The first-order chi connectivity index (χ1) is 5.65. The van der Waals surface area contributed by atoms with E-state index in [0.717, 1.165) is 22.3 Å². The van der Waals surface area contributed by atoms with Gasteiger partial charge >= 0.3 is 0 Å². The molecule has 0 N–H and O–H groups in total. The Bertz CT molecular complexity index is 292. The molecule has 0 spiro atoms. The minimum Gasteiger partial charge on any atom is -0.298 e. The molecule has 0 radical (unpaired) electrons. The normalized spacial score (nSPS) is 10.3. The minimum absolute atomic E-state index is 0.388. The van der Waals surface area contributed by atoms with Crippen LogP contribution in [0.15, 0.2) is 23.1 Å². The molecule has 0 heterocycles. The zero-order chi connectivity index (χ0) is 9.14. The third-order valence-electron chi connectivity index (χ3n) is 1.82. The molecule has 1 aromatic carbocycles. The first-order valence-electron chi connectivity index (χ1n) is 3.93. The second-order valence-corrected chi connectivity index (χ2v) is 3.60. The summed E-state index contributed by atoms with van der Waals surface area (Å²) in [6.45, 7) is 4.14. The number of hydrogen-bond acceptors (Lipinski definition) is 2. The van der Waals surface area contributed by atoms with Gasteiger partial charge in [-0.1, -0.05) is 19.9 Å². The van der Waals surface area contributed by atoms with Crippen molar-refractivity contribution in [3.8, 4) is 0 Å². The standard InChI is InChI=1S/C10H12OS/c1-7(2)10-4-3-9(12)5-8(10)6-11/h3-7,12H,1-2H3. The fourth-order valence-corrected chi connectivity index (χ4v) is 1.40. The summed E-state index contributed by atoms with van der Waals surface area (Å²) in [7, 11) is 0. The van der Waals surface area contributed by atoms with Gasteiger partial charge < -0.3 is 0 Å². The Labute approximate surface area is 78.2 Å². The Morgan fingerprint density at radius 2 is 2.08 bits per heavy atom. The van der Waals surface area contributed by atoms with Crippen LogP contribution in [-0.2, 0) is 0 Å². The summed E-state index contributed by atoms with van der Waals surface area (Å²) in [5, 5.41) is 0. The zero-order valence-corrected chi connectivity index (χ0v) is 8.14. The smallest absolute Gasteiger partial charge is 0.150 e. The van der Waals surface area contributed by atoms with E-state index in [1.165, 1.54) is 0 Å². The van der Waals surface area contributed by atoms with Crippen molar-refractivity contribution in [2.24, 2.45) is 0 Å². The molecule has 0 atom stereocenters. The van der Waals surface area contributed by atoms with Crippen LogP contribution in [-0.4, -0.2) is 6.29 Å². The highest BCUT2D eigenvalue weighted by Gasteiger charge is 2.05. The number of thiol groups is 1. The van der Waals surface area contributed by atoms with E-state index in [0.29, 0.717) is 5.92 Å². The lowest BCUT2D eigenvalue weighted by Crippen LogP contribution is -1.94. The number of carbonyl (C=O) groups is 1. The van der Waals surface area contributed by atoms with Gasteiger partial charge in [0.1, 0.15) is 6.29 Å². The summed E-state index contributed by atoms with van der Waals surface area (Å²) in [5.74, 6) is 0.388. The summed E-state index contributed by atoms with van der Waals surface area (Å²) in [4.78, 5) is 11.5. The van der Waals surface area contributed by atoms with Crippen molar-refractivity contribution < 1.29 is 4.79 Å². The molecule has 0 aromatic heterocycles. The van der Waals surface area contributed by atoms with E-state index in [1.807, 2.05) is 12.1 Å². The lowest BCUT2D eigenvalue weighted by atomic mass is 9.98. The van der Waals surface area contributed by atoms with Crippen molar-refractivity contribution >= 4 is 18.9 Å². The van der Waals surface area contributed by atoms with Gasteiger partial charge in [-0.25, -0.2) is 0 Å². The molecule has 1 rings (SSSR count). The van der Waals surface area contributed by atoms with Gasteiger partial charge in [0.2, 0.25) is 0 Å². The van der Waals surface area contributed by atoms with E-state index in [-0.39, 0.29) is 0 Å². The third-order valence-corrected chi connectivity index (χ3v) is 2.10. The number of rotatable bonds is 2. The molecule has 1 nitrogen and oxygen atoms in total. The average Bonchev–Trinajstić information content (AvgIpc) is 2.03. The molecule has 0 amide bonds. The van der Waals surface area contributed by atoms with E-state index < -0.39 is 0 Å². The fraction of sp³-hybridized carbons (Fsp3) is 0.300. The maximum atomic E-state index is 10.7. The molecular weight excluding hydrogens is 168 g/mol. The highest BCUT2D eigenvalue weighted by atomic mass is 32.1. The molecule has 0 saturated carbocycles. The van der Waals surface area contributed by atoms with Crippen molar-refractivity contribution in [1.82, 2.24) is 0 Å². The third kappa shape index (κ3) is 1.89. The monoisotopic (exact) mass is 180 g/mol. The molecule has 0 aliphatic rings. The lowest BCUT2D eigenvalue weighted by molar-refractivity contribution is 0.112. The van der Waals surface area contributed by atoms with Crippen LogP contribution in [0.5, 0.6) is 0 Å². The van der Waals surface area contributed by atoms with E-state index in [1.54, 1.807) is 6.07 Å². The molecule has 0 aliphatic carbocycles. The van der Waals surface area contributed by atoms with Crippen molar-refractivity contribution in [2.45, 2.75) is 24.7 Å². The maximum absolute atomic E-state index is 10.7. The Morgan fingerprint density at radius 3 is 2.58 bits per heavy atom. The van der Waals surface area contributed by atoms with Crippen LogP contribution in [0.25, 0.3) is 0 Å². The zero-order valence-electron chi connectivity index (χ0n) is 7.24. The fourth-order valence-electron chi connectivity index (χ4n) is 1.19. The van der Waals surface area contributed by atoms with E-state index in [4.69, 9.17) is 0 Å². The Balaban J connectivity index is 3.20. The Kier molecular flexibility index (Phi) is 2.93. The largest absolute Gasteiger partial charge is 0.298 e. The molecule has 64 valence electrons. The van der Waals surface area contributed by atoms with E-state index in [9.17, 15) is 4.79 Å². The van der Waals surface area contributed by atoms with Crippen LogP contribution in [0.1, 0.15) is 35.7 Å². The van der Waals surface area contributed by atoms with Crippen molar-refractivity contribution in [2.75, 3.05) is 0 Å². The molecule has 0 unspecified atom stereocenters. The molecule has 1 aromatic rings. The number of hydrogen-bond donors (Lipinski definition) is 1. The quantitative estimate of drug-likeness (QED) is 0.547. The SMILES string of the molecule is CC(C)c1ccc(S)cc1C=O. The first-order valence-corrected chi connectivity index (χ1v) is 4.38. The van der Waals surface area contributed by atoms with Crippen molar-refractivity contribution in [3.63, 3.8) is 0 Å². The molecule has 0 aliphatic heterocycles. The van der Waals surface area contributed by atoms with E-state index in [2.05, 4.69) is 26.5 Å².